The highest BCUT2D eigenvalue weighted by atomic mass is 35.5. The standard InChI is InChI=1S/C17H23ClO2/c1-12-3-5-13(6-4-12)17(18)14-7-8-15-16(11-14)20-10-2-9-19-15/h7-8,11-13,17H,2-6,9-10H2,1H3. The van der Waals surface area contributed by atoms with Crippen molar-refractivity contribution in [3.8, 4) is 11.5 Å². The van der Waals surface area contributed by atoms with Crippen molar-refractivity contribution in [2.45, 2.75) is 44.4 Å². The third-order valence-corrected chi connectivity index (χ3v) is 5.17. The molecule has 2 aliphatic rings. The van der Waals surface area contributed by atoms with Crippen LogP contribution in [-0.2, 0) is 0 Å². The lowest BCUT2D eigenvalue weighted by Crippen LogP contribution is -2.16. The van der Waals surface area contributed by atoms with E-state index < -0.39 is 0 Å². The SMILES string of the molecule is CC1CCC(C(Cl)c2ccc3c(c2)OCCCO3)CC1. The van der Waals surface area contributed by atoms with Crippen LogP contribution in [0.2, 0.25) is 0 Å². The highest BCUT2D eigenvalue weighted by Crippen LogP contribution is 2.42. The van der Waals surface area contributed by atoms with Crippen LogP contribution < -0.4 is 9.47 Å². The molecule has 1 atom stereocenters. The second-order valence-corrected chi connectivity index (χ2v) is 6.65. The van der Waals surface area contributed by atoms with Gasteiger partial charge in [-0.15, -0.1) is 11.6 Å². The van der Waals surface area contributed by atoms with Gasteiger partial charge in [-0.25, -0.2) is 0 Å². The molecule has 2 nitrogen and oxygen atoms in total. The first-order chi connectivity index (χ1) is 9.74. The Kier molecular flexibility index (Phi) is 4.40. The third kappa shape index (κ3) is 3.06. The Bertz CT molecular complexity index is 452. The van der Waals surface area contributed by atoms with E-state index in [1.54, 1.807) is 0 Å². The van der Waals surface area contributed by atoms with Crippen molar-refractivity contribution < 1.29 is 9.47 Å². The summed E-state index contributed by atoms with van der Waals surface area (Å²) in [6.07, 6.45) is 6.03. The first kappa shape index (κ1) is 14.1. The second kappa shape index (κ2) is 6.26. The Labute approximate surface area is 126 Å². The average molecular weight is 295 g/mol. The Morgan fingerprint density at radius 3 is 2.50 bits per heavy atom. The minimum atomic E-state index is 0.0969. The molecule has 3 rings (SSSR count). The van der Waals surface area contributed by atoms with Crippen molar-refractivity contribution in [2.75, 3.05) is 13.2 Å². The van der Waals surface area contributed by atoms with Crippen LogP contribution in [-0.4, -0.2) is 13.2 Å². The van der Waals surface area contributed by atoms with Crippen molar-refractivity contribution in [3.63, 3.8) is 0 Å². The van der Waals surface area contributed by atoms with Gasteiger partial charge >= 0.3 is 0 Å². The fourth-order valence-electron chi connectivity index (χ4n) is 3.20. The molecule has 20 heavy (non-hydrogen) atoms. The summed E-state index contributed by atoms with van der Waals surface area (Å²) in [4.78, 5) is 0. The second-order valence-electron chi connectivity index (χ2n) is 6.18. The van der Waals surface area contributed by atoms with Crippen molar-refractivity contribution in [1.82, 2.24) is 0 Å². The molecule has 0 N–H and O–H groups in total. The summed E-state index contributed by atoms with van der Waals surface area (Å²) < 4.78 is 11.4. The van der Waals surface area contributed by atoms with Crippen LogP contribution in [0.15, 0.2) is 18.2 Å². The molecular formula is C17H23ClO2. The number of fused-ring (bicyclic) bond motifs is 1. The molecule has 1 fully saturated rings. The lowest BCUT2D eigenvalue weighted by Gasteiger charge is -2.30. The van der Waals surface area contributed by atoms with Gasteiger partial charge in [0.05, 0.1) is 18.6 Å². The third-order valence-electron chi connectivity index (χ3n) is 4.56. The predicted molar refractivity (Wildman–Crippen MR) is 81.8 cm³/mol. The zero-order valence-corrected chi connectivity index (χ0v) is 12.9. The molecule has 1 aromatic carbocycles. The van der Waals surface area contributed by atoms with E-state index in [2.05, 4.69) is 19.1 Å². The summed E-state index contributed by atoms with van der Waals surface area (Å²) in [5, 5.41) is 0.0969. The van der Waals surface area contributed by atoms with Crippen LogP contribution in [0.1, 0.15) is 50.0 Å². The first-order valence-electron chi connectivity index (χ1n) is 7.77. The van der Waals surface area contributed by atoms with E-state index in [4.69, 9.17) is 21.1 Å². The molecule has 0 saturated heterocycles. The van der Waals surface area contributed by atoms with Gasteiger partial charge in [-0.05, 0) is 42.4 Å². The maximum atomic E-state index is 6.72. The molecule has 1 unspecified atom stereocenters. The van der Waals surface area contributed by atoms with Gasteiger partial charge in [0.2, 0.25) is 0 Å². The number of hydrogen-bond acceptors (Lipinski definition) is 2. The normalized spacial score (nSPS) is 27.7. The molecule has 110 valence electrons. The fraction of sp³-hybridized carbons (Fsp3) is 0.647. The van der Waals surface area contributed by atoms with Gasteiger partial charge in [0.15, 0.2) is 11.5 Å². The Balaban J connectivity index is 1.74. The van der Waals surface area contributed by atoms with Gasteiger partial charge in [-0.1, -0.05) is 25.8 Å². The lowest BCUT2D eigenvalue weighted by atomic mass is 9.80. The van der Waals surface area contributed by atoms with Crippen LogP contribution in [0.5, 0.6) is 11.5 Å². The molecule has 0 radical (unpaired) electrons. The Morgan fingerprint density at radius 2 is 1.75 bits per heavy atom. The quantitative estimate of drug-likeness (QED) is 0.718. The van der Waals surface area contributed by atoms with Crippen molar-refractivity contribution in [3.05, 3.63) is 23.8 Å². The minimum Gasteiger partial charge on any atom is -0.490 e. The van der Waals surface area contributed by atoms with Gasteiger partial charge < -0.3 is 9.47 Å². The number of hydrogen-bond donors (Lipinski definition) is 0. The summed E-state index contributed by atoms with van der Waals surface area (Å²) >= 11 is 6.72. The van der Waals surface area contributed by atoms with Crippen molar-refractivity contribution in [1.29, 1.82) is 0 Å². The maximum absolute atomic E-state index is 6.72. The van der Waals surface area contributed by atoms with Crippen molar-refractivity contribution >= 4 is 11.6 Å². The average Bonchev–Trinajstić information content (AvgIpc) is 2.71. The largest absolute Gasteiger partial charge is 0.490 e. The van der Waals surface area contributed by atoms with Gasteiger partial charge in [0.25, 0.3) is 0 Å². The van der Waals surface area contributed by atoms with Gasteiger partial charge in [-0.2, -0.15) is 0 Å². The predicted octanol–water partition coefficient (Wildman–Crippen LogP) is 4.95. The molecule has 0 aromatic heterocycles. The van der Waals surface area contributed by atoms with Crippen LogP contribution in [0, 0.1) is 11.8 Å². The van der Waals surface area contributed by atoms with E-state index in [1.165, 1.54) is 31.2 Å². The van der Waals surface area contributed by atoms with Crippen LogP contribution >= 0.6 is 11.6 Å². The lowest BCUT2D eigenvalue weighted by molar-refractivity contribution is 0.282. The Hall–Kier alpha value is -0.890. The van der Waals surface area contributed by atoms with Gasteiger partial charge in [0.1, 0.15) is 0 Å². The molecule has 0 bridgehead atoms. The van der Waals surface area contributed by atoms with Crippen LogP contribution in [0.25, 0.3) is 0 Å². The van der Waals surface area contributed by atoms with Gasteiger partial charge in [-0.3, -0.25) is 0 Å². The monoisotopic (exact) mass is 294 g/mol. The van der Waals surface area contributed by atoms with E-state index in [0.29, 0.717) is 5.92 Å². The minimum absolute atomic E-state index is 0.0969. The van der Waals surface area contributed by atoms with E-state index in [-0.39, 0.29) is 5.38 Å². The van der Waals surface area contributed by atoms with Crippen LogP contribution in [0.4, 0.5) is 0 Å². The number of alkyl halides is 1. The number of rotatable bonds is 2. The molecule has 0 spiro atoms. The maximum Gasteiger partial charge on any atom is 0.161 e. The number of halogens is 1. The van der Waals surface area contributed by atoms with E-state index >= 15 is 0 Å². The molecule has 0 amide bonds. The smallest absolute Gasteiger partial charge is 0.161 e. The highest BCUT2D eigenvalue weighted by Gasteiger charge is 2.26. The van der Waals surface area contributed by atoms with E-state index in [9.17, 15) is 0 Å². The zero-order valence-electron chi connectivity index (χ0n) is 12.1. The molecule has 1 saturated carbocycles. The summed E-state index contributed by atoms with van der Waals surface area (Å²) in [5.74, 6) is 3.17. The molecule has 1 aliphatic carbocycles. The first-order valence-corrected chi connectivity index (χ1v) is 8.21. The summed E-state index contributed by atoms with van der Waals surface area (Å²) in [6.45, 7) is 3.80. The summed E-state index contributed by atoms with van der Waals surface area (Å²) in [5.41, 5.74) is 1.18. The zero-order chi connectivity index (χ0) is 13.9. The molecule has 3 heteroatoms. The van der Waals surface area contributed by atoms with E-state index in [1.807, 2.05) is 6.07 Å². The Morgan fingerprint density at radius 1 is 1.05 bits per heavy atom. The van der Waals surface area contributed by atoms with E-state index in [0.717, 1.165) is 37.1 Å². The molecule has 1 aromatic rings. The molecular weight excluding hydrogens is 272 g/mol. The van der Waals surface area contributed by atoms with Crippen LogP contribution in [0.3, 0.4) is 0 Å². The number of ether oxygens (including phenoxy) is 2. The van der Waals surface area contributed by atoms with Crippen molar-refractivity contribution in [2.24, 2.45) is 11.8 Å². The number of benzene rings is 1. The fourth-order valence-corrected chi connectivity index (χ4v) is 3.59. The summed E-state index contributed by atoms with van der Waals surface area (Å²) in [7, 11) is 0. The molecule has 1 aliphatic heterocycles. The topological polar surface area (TPSA) is 18.5 Å². The van der Waals surface area contributed by atoms with Gasteiger partial charge in [0, 0.05) is 6.42 Å². The summed E-state index contributed by atoms with van der Waals surface area (Å²) in [6, 6.07) is 6.19. The highest BCUT2D eigenvalue weighted by molar-refractivity contribution is 6.21. The molecule has 1 heterocycles.